The standard InChI is InChI=1S/C16H24FN3/c17-15-8-13(10-18)7-14(9-15)11-19-5-6-20-4-2-1-3-16(20)12-19/h7-9,16H,1-6,10-12,18H2. The van der Waals surface area contributed by atoms with E-state index in [1.165, 1.54) is 31.9 Å². The van der Waals surface area contributed by atoms with E-state index in [0.29, 0.717) is 12.6 Å². The second-order valence-corrected chi connectivity index (χ2v) is 6.09. The monoisotopic (exact) mass is 277 g/mol. The highest BCUT2D eigenvalue weighted by atomic mass is 19.1. The molecule has 3 nitrogen and oxygen atoms in total. The fraction of sp³-hybridized carbons (Fsp3) is 0.625. The van der Waals surface area contributed by atoms with Gasteiger partial charge in [-0.3, -0.25) is 9.80 Å². The van der Waals surface area contributed by atoms with Crippen molar-refractivity contribution in [3.63, 3.8) is 0 Å². The molecule has 0 spiro atoms. The highest BCUT2D eigenvalue weighted by Gasteiger charge is 2.28. The molecule has 0 aromatic heterocycles. The Labute approximate surface area is 120 Å². The summed E-state index contributed by atoms with van der Waals surface area (Å²) in [6.45, 7) is 5.87. The molecule has 3 rings (SSSR count). The van der Waals surface area contributed by atoms with Crippen molar-refractivity contribution < 1.29 is 4.39 Å². The lowest BCUT2D eigenvalue weighted by Gasteiger charge is -2.44. The molecule has 2 saturated heterocycles. The van der Waals surface area contributed by atoms with Gasteiger partial charge in [0, 0.05) is 38.8 Å². The summed E-state index contributed by atoms with van der Waals surface area (Å²) in [7, 11) is 0. The molecule has 0 saturated carbocycles. The van der Waals surface area contributed by atoms with Crippen LogP contribution < -0.4 is 5.73 Å². The van der Waals surface area contributed by atoms with Crippen molar-refractivity contribution in [2.24, 2.45) is 5.73 Å². The lowest BCUT2D eigenvalue weighted by atomic mass is 9.99. The van der Waals surface area contributed by atoms with Gasteiger partial charge in [0.2, 0.25) is 0 Å². The van der Waals surface area contributed by atoms with Gasteiger partial charge in [-0.25, -0.2) is 4.39 Å². The number of hydrogen-bond acceptors (Lipinski definition) is 3. The number of hydrogen-bond donors (Lipinski definition) is 1. The van der Waals surface area contributed by atoms with Crippen LogP contribution in [0.3, 0.4) is 0 Å². The fourth-order valence-electron chi connectivity index (χ4n) is 3.55. The van der Waals surface area contributed by atoms with Gasteiger partial charge in [-0.2, -0.15) is 0 Å². The molecule has 2 aliphatic heterocycles. The van der Waals surface area contributed by atoms with Crippen molar-refractivity contribution in [3.8, 4) is 0 Å². The van der Waals surface area contributed by atoms with E-state index in [9.17, 15) is 4.39 Å². The third-order valence-electron chi connectivity index (χ3n) is 4.58. The molecular formula is C16H24FN3. The Balaban J connectivity index is 1.64. The zero-order valence-corrected chi connectivity index (χ0v) is 12.0. The van der Waals surface area contributed by atoms with E-state index in [2.05, 4.69) is 9.80 Å². The van der Waals surface area contributed by atoms with Crippen molar-refractivity contribution in [3.05, 3.63) is 35.1 Å². The SMILES string of the molecule is NCc1cc(F)cc(CN2CCN3CCCCC3C2)c1. The van der Waals surface area contributed by atoms with Gasteiger partial charge in [0.15, 0.2) is 0 Å². The third kappa shape index (κ3) is 3.19. The largest absolute Gasteiger partial charge is 0.326 e. The van der Waals surface area contributed by atoms with Crippen LogP contribution in [0, 0.1) is 5.82 Å². The van der Waals surface area contributed by atoms with Gasteiger partial charge < -0.3 is 5.73 Å². The van der Waals surface area contributed by atoms with Gasteiger partial charge in [0.05, 0.1) is 0 Å². The van der Waals surface area contributed by atoms with Gasteiger partial charge in [0.1, 0.15) is 5.82 Å². The first-order chi connectivity index (χ1) is 9.74. The molecule has 1 atom stereocenters. The quantitative estimate of drug-likeness (QED) is 0.916. The van der Waals surface area contributed by atoms with Crippen LogP contribution in [0.2, 0.25) is 0 Å². The van der Waals surface area contributed by atoms with E-state index in [4.69, 9.17) is 5.73 Å². The van der Waals surface area contributed by atoms with Gasteiger partial charge in [-0.05, 0) is 42.6 Å². The number of fused-ring (bicyclic) bond motifs is 1. The maximum absolute atomic E-state index is 13.6. The molecule has 1 aromatic carbocycles. The Hall–Kier alpha value is -0.970. The summed E-state index contributed by atoms with van der Waals surface area (Å²) < 4.78 is 13.6. The number of halogens is 1. The summed E-state index contributed by atoms with van der Waals surface area (Å²) >= 11 is 0. The van der Waals surface area contributed by atoms with Gasteiger partial charge in [-0.15, -0.1) is 0 Å². The normalized spacial score (nSPS) is 24.6. The van der Waals surface area contributed by atoms with Crippen LogP contribution in [0.5, 0.6) is 0 Å². The van der Waals surface area contributed by atoms with Crippen LogP contribution in [0.4, 0.5) is 4.39 Å². The highest BCUT2D eigenvalue weighted by Crippen LogP contribution is 2.22. The molecule has 1 unspecified atom stereocenters. The van der Waals surface area contributed by atoms with Crippen molar-refractivity contribution in [1.82, 2.24) is 9.80 Å². The van der Waals surface area contributed by atoms with Crippen molar-refractivity contribution in [2.45, 2.75) is 38.4 Å². The molecule has 20 heavy (non-hydrogen) atoms. The Bertz CT molecular complexity index is 463. The number of piperazine rings is 1. The van der Waals surface area contributed by atoms with E-state index in [1.54, 1.807) is 6.07 Å². The van der Waals surface area contributed by atoms with E-state index < -0.39 is 0 Å². The lowest BCUT2D eigenvalue weighted by molar-refractivity contribution is 0.0456. The number of benzene rings is 1. The van der Waals surface area contributed by atoms with Gasteiger partial charge in [-0.1, -0.05) is 12.5 Å². The molecule has 2 heterocycles. The smallest absolute Gasteiger partial charge is 0.123 e. The third-order valence-corrected chi connectivity index (χ3v) is 4.58. The first-order valence-corrected chi connectivity index (χ1v) is 7.69. The fourth-order valence-corrected chi connectivity index (χ4v) is 3.55. The summed E-state index contributed by atoms with van der Waals surface area (Å²) in [5, 5.41) is 0. The maximum atomic E-state index is 13.6. The predicted octanol–water partition coefficient (Wildman–Crippen LogP) is 1.95. The molecule has 0 aliphatic carbocycles. The second kappa shape index (κ2) is 6.20. The average molecular weight is 277 g/mol. The molecule has 0 amide bonds. The minimum atomic E-state index is -0.167. The van der Waals surface area contributed by atoms with Crippen molar-refractivity contribution in [1.29, 1.82) is 0 Å². The summed E-state index contributed by atoms with van der Waals surface area (Å²) in [5.41, 5.74) is 7.56. The summed E-state index contributed by atoms with van der Waals surface area (Å²) in [5.74, 6) is -0.167. The number of nitrogens with zero attached hydrogens (tertiary/aromatic N) is 2. The Morgan fingerprint density at radius 2 is 1.95 bits per heavy atom. The lowest BCUT2D eigenvalue weighted by Crippen LogP contribution is -2.54. The first-order valence-electron chi connectivity index (χ1n) is 7.69. The molecule has 0 bridgehead atoms. The molecule has 1 aromatic rings. The van der Waals surface area contributed by atoms with E-state index in [-0.39, 0.29) is 5.82 Å². The number of rotatable bonds is 3. The van der Waals surface area contributed by atoms with E-state index in [0.717, 1.165) is 37.3 Å². The van der Waals surface area contributed by atoms with E-state index >= 15 is 0 Å². The Kier molecular flexibility index (Phi) is 4.34. The molecule has 110 valence electrons. The molecule has 2 fully saturated rings. The summed E-state index contributed by atoms with van der Waals surface area (Å²) in [6.07, 6.45) is 4.01. The molecule has 2 N–H and O–H groups in total. The minimum Gasteiger partial charge on any atom is -0.326 e. The van der Waals surface area contributed by atoms with Crippen molar-refractivity contribution in [2.75, 3.05) is 26.2 Å². The zero-order valence-electron chi connectivity index (χ0n) is 12.0. The second-order valence-electron chi connectivity index (χ2n) is 6.09. The van der Waals surface area contributed by atoms with Gasteiger partial charge >= 0.3 is 0 Å². The van der Waals surface area contributed by atoms with Crippen LogP contribution in [0.25, 0.3) is 0 Å². The van der Waals surface area contributed by atoms with Crippen LogP contribution in [0.1, 0.15) is 30.4 Å². The summed E-state index contributed by atoms with van der Waals surface area (Å²) in [6, 6.07) is 5.92. The van der Waals surface area contributed by atoms with Crippen LogP contribution in [-0.4, -0.2) is 42.0 Å². The predicted molar refractivity (Wildman–Crippen MR) is 78.8 cm³/mol. The maximum Gasteiger partial charge on any atom is 0.123 e. The first kappa shape index (κ1) is 14.0. The van der Waals surface area contributed by atoms with E-state index in [1.807, 2.05) is 6.07 Å². The van der Waals surface area contributed by atoms with Crippen LogP contribution in [0.15, 0.2) is 18.2 Å². The molecule has 2 aliphatic rings. The molecule has 4 heteroatoms. The van der Waals surface area contributed by atoms with Gasteiger partial charge in [0.25, 0.3) is 0 Å². The average Bonchev–Trinajstić information content (AvgIpc) is 2.46. The van der Waals surface area contributed by atoms with Crippen LogP contribution in [-0.2, 0) is 13.1 Å². The zero-order chi connectivity index (χ0) is 13.9. The Morgan fingerprint density at radius 1 is 1.10 bits per heavy atom. The molecule has 0 radical (unpaired) electrons. The van der Waals surface area contributed by atoms with Crippen LogP contribution >= 0.6 is 0 Å². The number of piperidine rings is 1. The minimum absolute atomic E-state index is 0.167. The highest BCUT2D eigenvalue weighted by molar-refractivity contribution is 5.24. The molecular weight excluding hydrogens is 253 g/mol. The Morgan fingerprint density at radius 3 is 2.80 bits per heavy atom. The summed E-state index contributed by atoms with van der Waals surface area (Å²) in [4.78, 5) is 5.08. The number of nitrogens with two attached hydrogens (primary N) is 1. The van der Waals surface area contributed by atoms with Crippen molar-refractivity contribution >= 4 is 0 Å². The topological polar surface area (TPSA) is 32.5 Å².